The van der Waals surface area contributed by atoms with Gasteiger partial charge in [0.05, 0.1) is 16.1 Å². The number of rotatable bonds is 6. The van der Waals surface area contributed by atoms with Gasteiger partial charge in [0.2, 0.25) is 5.91 Å². The van der Waals surface area contributed by atoms with Crippen molar-refractivity contribution in [1.82, 2.24) is 10.3 Å². The molecule has 6 heteroatoms. The molecule has 4 nitrogen and oxygen atoms in total. The molecule has 0 unspecified atom stereocenters. The van der Waals surface area contributed by atoms with E-state index in [-0.39, 0.29) is 11.9 Å². The van der Waals surface area contributed by atoms with Gasteiger partial charge in [-0.25, -0.2) is 0 Å². The zero-order valence-electron chi connectivity index (χ0n) is 14.5. The number of aryl methyl sites for hydroxylation is 1. The van der Waals surface area contributed by atoms with Gasteiger partial charge in [-0.2, -0.15) is 0 Å². The Morgan fingerprint density at radius 2 is 2.04 bits per heavy atom. The number of hydrogen-bond acceptors (Lipinski definition) is 3. The first-order valence-corrected chi connectivity index (χ1v) is 9.60. The van der Waals surface area contributed by atoms with Crippen molar-refractivity contribution >= 4 is 29.1 Å². The quantitative estimate of drug-likeness (QED) is 0.780. The van der Waals surface area contributed by atoms with Crippen LogP contribution in [0.25, 0.3) is 0 Å². The molecule has 0 radical (unpaired) electrons. The fourth-order valence-electron chi connectivity index (χ4n) is 3.28. The summed E-state index contributed by atoms with van der Waals surface area (Å²) in [6.07, 6.45) is 6.48. The SMILES string of the molecule is O=C(CCc1ccc(Cl)c(Cl)c1)N[C@H](c1cccnc1)C1CCOCC1. The van der Waals surface area contributed by atoms with Gasteiger partial charge in [0.25, 0.3) is 0 Å². The molecule has 0 spiro atoms. The highest BCUT2D eigenvalue weighted by Gasteiger charge is 2.27. The van der Waals surface area contributed by atoms with E-state index in [0.29, 0.717) is 28.8 Å². The largest absolute Gasteiger partial charge is 0.381 e. The van der Waals surface area contributed by atoms with Crippen molar-refractivity contribution in [2.45, 2.75) is 31.7 Å². The number of pyridine rings is 1. The average Bonchev–Trinajstić information content (AvgIpc) is 2.68. The van der Waals surface area contributed by atoms with Gasteiger partial charge in [0.1, 0.15) is 0 Å². The summed E-state index contributed by atoms with van der Waals surface area (Å²) in [6, 6.07) is 9.37. The van der Waals surface area contributed by atoms with E-state index in [4.69, 9.17) is 27.9 Å². The lowest BCUT2D eigenvalue weighted by molar-refractivity contribution is -0.122. The summed E-state index contributed by atoms with van der Waals surface area (Å²) in [7, 11) is 0. The first kappa shape index (κ1) is 19.2. The second kappa shape index (κ2) is 9.36. The highest BCUT2D eigenvalue weighted by atomic mass is 35.5. The molecule has 1 saturated heterocycles. The maximum absolute atomic E-state index is 12.6. The molecule has 0 aliphatic carbocycles. The normalized spacial score (nSPS) is 16.2. The molecule has 1 aromatic carbocycles. The molecule has 1 amide bonds. The Hall–Kier alpha value is -1.62. The summed E-state index contributed by atoms with van der Waals surface area (Å²) < 4.78 is 5.47. The molecule has 0 bridgehead atoms. The number of hydrogen-bond donors (Lipinski definition) is 1. The number of carbonyl (C=O) groups excluding carboxylic acids is 1. The summed E-state index contributed by atoms with van der Waals surface area (Å²) in [5.74, 6) is 0.387. The lowest BCUT2D eigenvalue weighted by Crippen LogP contribution is -2.36. The zero-order valence-corrected chi connectivity index (χ0v) is 16.0. The van der Waals surface area contributed by atoms with Crippen molar-refractivity contribution in [3.8, 4) is 0 Å². The maximum atomic E-state index is 12.6. The number of nitrogens with zero attached hydrogens (tertiary/aromatic N) is 1. The molecule has 1 aliphatic rings. The van der Waals surface area contributed by atoms with E-state index in [0.717, 1.165) is 37.2 Å². The van der Waals surface area contributed by atoms with Crippen LogP contribution in [-0.2, 0) is 16.0 Å². The number of amides is 1. The van der Waals surface area contributed by atoms with Crippen LogP contribution >= 0.6 is 23.2 Å². The minimum absolute atomic E-state index is 0.0245. The smallest absolute Gasteiger partial charge is 0.220 e. The predicted molar refractivity (Wildman–Crippen MR) is 103 cm³/mol. The molecule has 0 saturated carbocycles. The van der Waals surface area contributed by atoms with Gasteiger partial charge in [0.15, 0.2) is 0 Å². The van der Waals surface area contributed by atoms with Crippen LogP contribution in [0, 0.1) is 5.92 Å². The third-order valence-electron chi connectivity index (χ3n) is 4.72. The van der Waals surface area contributed by atoms with Crippen LogP contribution in [0.15, 0.2) is 42.7 Å². The van der Waals surface area contributed by atoms with E-state index in [1.54, 1.807) is 12.3 Å². The maximum Gasteiger partial charge on any atom is 0.220 e. The van der Waals surface area contributed by atoms with E-state index in [1.807, 2.05) is 30.5 Å². The second-order valence-electron chi connectivity index (χ2n) is 6.53. The van der Waals surface area contributed by atoms with Crippen LogP contribution in [0.3, 0.4) is 0 Å². The van der Waals surface area contributed by atoms with Crippen molar-refractivity contribution in [3.63, 3.8) is 0 Å². The Kier molecular flexibility index (Phi) is 6.89. The minimum Gasteiger partial charge on any atom is -0.381 e. The van der Waals surface area contributed by atoms with E-state index in [1.165, 1.54) is 0 Å². The first-order valence-electron chi connectivity index (χ1n) is 8.84. The molecular formula is C20H22Cl2N2O2. The minimum atomic E-state index is -0.0334. The fraction of sp³-hybridized carbons (Fsp3) is 0.400. The number of ether oxygens (including phenoxy) is 1. The predicted octanol–water partition coefficient (Wildman–Crippen LogP) is 4.61. The summed E-state index contributed by atoms with van der Waals surface area (Å²) in [5.41, 5.74) is 2.04. The highest BCUT2D eigenvalue weighted by molar-refractivity contribution is 6.42. The van der Waals surface area contributed by atoms with Crippen molar-refractivity contribution in [3.05, 3.63) is 63.9 Å². The van der Waals surface area contributed by atoms with Gasteiger partial charge in [-0.15, -0.1) is 0 Å². The van der Waals surface area contributed by atoms with E-state index in [2.05, 4.69) is 10.3 Å². The number of benzene rings is 1. The molecule has 26 heavy (non-hydrogen) atoms. The van der Waals surface area contributed by atoms with E-state index >= 15 is 0 Å². The molecule has 138 valence electrons. The van der Waals surface area contributed by atoms with Crippen molar-refractivity contribution in [2.75, 3.05) is 13.2 Å². The van der Waals surface area contributed by atoms with Crippen LogP contribution in [0.2, 0.25) is 10.0 Å². The summed E-state index contributed by atoms with van der Waals surface area (Å²) in [4.78, 5) is 16.8. The Bertz CT molecular complexity index is 734. The van der Waals surface area contributed by atoms with Crippen LogP contribution in [0.5, 0.6) is 0 Å². The zero-order chi connectivity index (χ0) is 18.4. The number of aromatic nitrogens is 1. The molecule has 1 fully saturated rings. The molecule has 1 aromatic heterocycles. The van der Waals surface area contributed by atoms with Crippen LogP contribution < -0.4 is 5.32 Å². The van der Waals surface area contributed by atoms with Gasteiger partial charge in [-0.3, -0.25) is 9.78 Å². The second-order valence-corrected chi connectivity index (χ2v) is 7.34. The van der Waals surface area contributed by atoms with Crippen molar-refractivity contribution in [2.24, 2.45) is 5.92 Å². The van der Waals surface area contributed by atoms with E-state index < -0.39 is 0 Å². The molecule has 1 N–H and O–H groups in total. The topological polar surface area (TPSA) is 51.2 Å². The Labute approximate surface area is 163 Å². The Balaban J connectivity index is 1.63. The van der Waals surface area contributed by atoms with Crippen molar-refractivity contribution < 1.29 is 9.53 Å². The third-order valence-corrected chi connectivity index (χ3v) is 5.46. The van der Waals surface area contributed by atoms with Crippen LogP contribution in [0.1, 0.15) is 36.4 Å². The molecule has 1 aliphatic heterocycles. The van der Waals surface area contributed by atoms with Gasteiger partial charge < -0.3 is 10.1 Å². The number of halogens is 2. The lowest BCUT2D eigenvalue weighted by atomic mass is 9.87. The third kappa shape index (κ3) is 5.19. The van der Waals surface area contributed by atoms with Crippen LogP contribution in [-0.4, -0.2) is 24.1 Å². The molecule has 2 aromatic rings. The fourth-order valence-corrected chi connectivity index (χ4v) is 3.60. The molecule has 3 rings (SSSR count). The van der Waals surface area contributed by atoms with Gasteiger partial charge in [-0.05, 0) is 54.5 Å². The standard InChI is InChI=1S/C20H22Cl2N2O2/c21-17-5-3-14(12-18(17)22)4-6-19(25)24-20(15-7-10-26-11-8-15)16-2-1-9-23-13-16/h1-3,5,9,12-13,15,20H,4,6-8,10-11H2,(H,24,25)/t20-/m0/s1. The van der Waals surface area contributed by atoms with E-state index in [9.17, 15) is 4.79 Å². The first-order chi connectivity index (χ1) is 12.6. The summed E-state index contributed by atoms with van der Waals surface area (Å²) >= 11 is 12.0. The van der Waals surface area contributed by atoms with Gasteiger partial charge in [0, 0.05) is 32.0 Å². The van der Waals surface area contributed by atoms with Crippen molar-refractivity contribution in [1.29, 1.82) is 0 Å². The molecule has 2 heterocycles. The Morgan fingerprint density at radius 1 is 1.23 bits per heavy atom. The van der Waals surface area contributed by atoms with Gasteiger partial charge in [-0.1, -0.05) is 35.3 Å². The summed E-state index contributed by atoms with van der Waals surface area (Å²) in [6.45, 7) is 1.47. The number of nitrogens with one attached hydrogen (secondary N) is 1. The summed E-state index contributed by atoms with van der Waals surface area (Å²) in [5, 5.41) is 4.24. The number of carbonyl (C=O) groups is 1. The highest BCUT2D eigenvalue weighted by Crippen LogP contribution is 2.30. The average molecular weight is 393 g/mol. The lowest BCUT2D eigenvalue weighted by Gasteiger charge is -2.31. The molecular weight excluding hydrogens is 371 g/mol. The Morgan fingerprint density at radius 3 is 2.73 bits per heavy atom. The van der Waals surface area contributed by atoms with Crippen LogP contribution in [0.4, 0.5) is 0 Å². The molecule has 1 atom stereocenters. The monoisotopic (exact) mass is 392 g/mol. The van der Waals surface area contributed by atoms with Gasteiger partial charge >= 0.3 is 0 Å².